The van der Waals surface area contributed by atoms with Gasteiger partial charge in [-0.2, -0.15) is 0 Å². The first-order valence-electron chi connectivity index (χ1n) is 12.9. The fourth-order valence-electron chi connectivity index (χ4n) is 11.0. The van der Waals surface area contributed by atoms with Crippen LogP contribution in [0.4, 0.5) is 0 Å². The number of methoxy groups -OCH3 is 4. The van der Waals surface area contributed by atoms with Gasteiger partial charge in [0, 0.05) is 76.0 Å². The third kappa shape index (κ3) is 2.35. The van der Waals surface area contributed by atoms with Gasteiger partial charge in [0.05, 0.1) is 31.0 Å². The Hall–Kier alpha value is -0.400. The average Bonchev–Trinajstić information content (AvgIpc) is 3.19. The molecular weight excluding hydrogens is 458 g/mol. The summed E-state index contributed by atoms with van der Waals surface area (Å²) in [7, 11) is 6.29. The molecular formula is C25H41NO9. The maximum Gasteiger partial charge on any atom is 0.120 e. The Morgan fingerprint density at radius 3 is 2.23 bits per heavy atom. The van der Waals surface area contributed by atoms with Crippen LogP contribution in [0, 0.1) is 34.5 Å². The van der Waals surface area contributed by atoms with Gasteiger partial charge in [0.1, 0.15) is 23.4 Å². The van der Waals surface area contributed by atoms with E-state index >= 15 is 0 Å². The van der Waals surface area contributed by atoms with Gasteiger partial charge in [0.2, 0.25) is 0 Å². The van der Waals surface area contributed by atoms with Crippen molar-refractivity contribution in [3.8, 4) is 0 Å². The maximum atomic E-state index is 12.6. The molecule has 1 spiro atoms. The Labute approximate surface area is 206 Å². The number of fused-ring (bicyclic) bond motifs is 2. The molecule has 0 radical (unpaired) electrons. The molecule has 6 rings (SSSR count). The highest BCUT2D eigenvalue weighted by atomic mass is 16.5. The summed E-state index contributed by atoms with van der Waals surface area (Å²) in [4.78, 5) is 2.29. The molecule has 0 amide bonds. The van der Waals surface area contributed by atoms with Crippen LogP contribution >= 0.6 is 0 Å². The van der Waals surface area contributed by atoms with Crippen molar-refractivity contribution >= 4 is 0 Å². The fraction of sp³-hybridized carbons (Fsp3) is 1.00. The maximum absolute atomic E-state index is 12.6. The molecule has 5 N–H and O–H groups in total. The van der Waals surface area contributed by atoms with Gasteiger partial charge >= 0.3 is 0 Å². The van der Waals surface area contributed by atoms with Crippen LogP contribution < -0.4 is 0 Å². The minimum absolute atomic E-state index is 0.156. The molecule has 7 bridgehead atoms. The van der Waals surface area contributed by atoms with E-state index in [1.54, 1.807) is 21.3 Å². The molecule has 15 atom stereocenters. The standard InChI is InChI=1S/C25H41NO9/c1-6-26-9-22(10-32-2)12(27)7-13(33-3)24-11-8-23(30)19(28)14(11)25(31,20(29)21(23)35-5)15(18(24)26)16(34-4)17(22)24/h11-21,27-31H,6-10H2,1-5H3/t11-,12-,13+,14-,15?,16+,17-,18-,19-,20+,21+,22+,23-,24+,25-/m1/s1. The van der Waals surface area contributed by atoms with Crippen molar-refractivity contribution in [2.75, 3.05) is 48.1 Å². The number of aliphatic hydroxyl groups is 5. The summed E-state index contributed by atoms with van der Waals surface area (Å²) in [6.45, 7) is 3.58. The number of likely N-dealkylation sites (tertiary alicyclic amines) is 1. The van der Waals surface area contributed by atoms with Crippen LogP contribution in [0.2, 0.25) is 0 Å². The fourth-order valence-corrected chi connectivity index (χ4v) is 11.0. The molecule has 6 aliphatic rings. The SMILES string of the molecule is CCN1C[C@]2(COC)[C@H](O)C[C@H](OC)[C@@]34[C@@H]5C[C@@]6(O)[C@H](O)[C@@H]5[C@@](O)(C([C@H](OC)[C@H]23)[C@@H]14)[C@@H](O)[C@@H]6OC. The van der Waals surface area contributed by atoms with E-state index in [2.05, 4.69) is 11.8 Å². The molecule has 1 unspecified atom stereocenters. The van der Waals surface area contributed by atoms with Crippen LogP contribution in [0.25, 0.3) is 0 Å². The summed E-state index contributed by atoms with van der Waals surface area (Å²) in [5.41, 5.74) is -4.81. The normalized spacial score (nSPS) is 62.4. The van der Waals surface area contributed by atoms with Gasteiger partial charge in [0.25, 0.3) is 0 Å². The predicted octanol–water partition coefficient (Wildman–Crippen LogP) is -1.79. The van der Waals surface area contributed by atoms with E-state index in [0.29, 0.717) is 26.1 Å². The molecule has 0 aromatic heterocycles. The van der Waals surface area contributed by atoms with Crippen LogP contribution in [0.3, 0.4) is 0 Å². The van der Waals surface area contributed by atoms with E-state index in [0.717, 1.165) is 0 Å². The number of hydrogen-bond acceptors (Lipinski definition) is 10. The van der Waals surface area contributed by atoms with E-state index < -0.39 is 76.4 Å². The molecule has 6 fully saturated rings. The quantitative estimate of drug-likeness (QED) is 0.285. The Balaban J connectivity index is 1.68. The zero-order chi connectivity index (χ0) is 25.3. The lowest BCUT2D eigenvalue weighted by Gasteiger charge is -2.70. The molecule has 5 aliphatic carbocycles. The smallest absolute Gasteiger partial charge is 0.120 e. The first kappa shape index (κ1) is 24.9. The van der Waals surface area contributed by atoms with Crippen molar-refractivity contribution in [2.45, 2.75) is 73.6 Å². The van der Waals surface area contributed by atoms with Crippen molar-refractivity contribution in [3.63, 3.8) is 0 Å². The third-order valence-corrected chi connectivity index (χ3v) is 11.7. The molecule has 1 saturated heterocycles. The van der Waals surface area contributed by atoms with Crippen molar-refractivity contribution in [2.24, 2.45) is 34.5 Å². The highest BCUT2D eigenvalue weighted by molar-refractivity contribution is 5.39. The van der Waals surface area contributed by atoms with Gasteiger partial charge in [-0.1, -0.05) is 6.92 Å². The first-order valence-corrected chi connectivity index (χ1v) is 12.9. The Bertz CT molecular complexity index is 878. The summed E-state index contributed by atoms with van der Waals surface area (Å²) >= 11 is 0. The second kappa shape index (κ2) is 7.59. The zero-order valence-corrected chi connectivity index (χ0v) is 21.2. The minimum Gasteiger partial charge on any atom is -0.392 e. The van der Waals surface area contributed by atoms with Crippen molar-refractivity contribution in [1.29, 1.82) is 0 Å². The van der Waals surface area contributed by atoms with Crippen LogP contribution in [0.1, 0.15) is 19.8 Å². The molecule has 200 valence electrons. The van der Waals surface area contributed by atoms with Crippen molar-refractivity contribution in [1.82, 2.24) is 4.90 Å². The van der Waals surface area contributed by atoms with Gasteiger partial charge in [0.15, 0.2) is 0 Å². The van der Waals surface area contributed by atoms with Crippen LogP contribution in [-0.2, 0) is 18.9 Å². The molecule has 1 aliphatic heterocycles. The number of hydrogen-bond donors (Lipinski definition) is 5. The summed E-state index contributed by atoms with van der Waals surface area (Å²) in [6, 6.07) is -0.240. The predicted molar refractivity (Wildman–Crippen MR) is 121 cm³/mol. The molecule has 35 heavy (non-hydrogen) atoms. The van der Waals surface area contributed by atoms with E-state index in [1.165, 1.54) is 7.11 Å². The number of ether oxygens (including phenoxy) is 4. The summed E-state index contributed by atoms with van der Waals surface area (Å²) in [5.74, 6) is -2.04. The van der Waals surface area contributed by atoms with Crippen LogP contribution in [-0.4, -0.2) is 132 Å². The van der Waals surface area contributed by atoms with Gasteiger partial charge in [-0.15, -0.1) is 0 Å². The molecule has 10 nitrogen and oxygen atoms in total. The van der Waals surface area contributed by atoms with Gasteiger partial charge in [-0.3, -0.25) is 4.90 Å². The first-order chi connectivity index (χ1) is 16.6. The summed E-state index contributed by atoms with van der Waals surface area (Å²) in [5, 5.41) is 59.3. The second-order valence-corrected chi connectivity index (χ2v) is 12.1. The van der Waals surface area contributed by atoms with E-state index in [9.17, 15) is 25.5 Å². The van der Waals surface area contributed by atoms with Crippen molar-refractivity contribution < 1.29 is 44.5 Å². The Kier molecular flexibility index (Phi) is 5.40. The lowest BCUT2D eigenvalue weighted by molar-refractivity contribution is -0.320. The topological polar surface area (TPSA) is 141 Å². The highest BCUT2D eigenvalue weighted by Crippen LogP contribution is 2.79. The number of piperidine rings is 1. The molecule has 1 heterocycles. The molecule has 5 saturated carbocycles. The lowest BCUT2D eigenvalue weighted by atomic mass is 9.42. The Morgan fingerprint density at radius 2 is 1.66 bits per heavy atom. The number of aliphatic hydroxyl groups excluding tert-OH is 3. The van der Waals surface area contributed by atoms with E-state index in [1.807, 2.05) is 0 Å². The minimum atomic E-state index is -1.76. The number of rotatable bonds is 6. The van der Waals surface area contributed by atoms with Gasteiger partial charge < -0.3 is 44.5 Å². The number of nitrogens with zero attached hydrogens (tertiary/aromatic N) is 1. The third-order valence-electron chi connectivity index (χ3n) is 11.7. The highest BCUT2D eigenvalue weighted by Gasteiger charge is 2.90. The molecule has 10 heteroatoms. The van der Waals surface area contributed by atoms with Crippen LogP contribution in [0.15, 0.2) is 0 Å². The van der Waals surface area contributed by atoms with Gasteiger partial charge in [-0.05, 0) is 18.9 Å². The average molecular weight is 500 g/mol. The molecule has 0 aromatic carbocycles. The van der Waals surface area contributed by atoms with Gasteiger partial charge in [-0.25, -0.2) is 0 Å². The zero-order valence-electron chi connectivity index (χ0n) is 21.2. The van der Waals surface area contributed by atoms with Crippen LogP contribution in [0.5, 0.6) is 0 Å². The second-order valence-electron chi connectivity index (χ2n) is 12.1. The van der Waals surface area contributed by atoms with E-state index in [4.69, 9.17) is 18.9 Å². The largest absolute Gasteiger partial charge is 0.392 e. The monoisotopic (exact) mass is 499 g/mol. The Morgan fingerprint density at radius 1 is 0.943 bits per heavy atom. The summed E-state index contributed by atoms with van der Waals surface area (Å²) in [6.07, 6.45) is -4.95. The summed E-state index contributed by atoms with van der Waals surface area (Å²) < 4.78 is 23.7. The lowest BCUT2D eigenvalue weighted by Crippen LogP contribution is -2.81. The van der Waals surface area contributed by atoms with E-state index in [-0.39, 0.29) is 18.4 Å². The van der Waals surface area contributed by atoms with Crippen molar-refractivity contribution in [3.05, 3.63) is 0 Å². The molecule has 0 aromatic rings.